The number of allylic oxidation sites excluding steroid dienone is 2. The first-order valence-corrected chi connectivity index (χ1v) is 20.3. The van der Waals surface area contributed by atoms with Crippen molar-refractivity contribution in [2.75, 3.05) is 0 Å². The molecule has 0 aliphatic carbocycles. The van der Waals surface area contributed by atoms with Crippen LogP contribution in [-0.2, 0) is 24.9 Å². The molecule has 7 heteroatoms. The van der Waals surface area contributed by atoms with E-state index in [0.717, 1.165) is 36.9 Å². The van der Waals surface area contributed by atoms with Gasteiger partial charge >= 0.3 is 0 Å². The van der Waals surface area contributed by atoms with Crippen LogP contribution >= 0.6 is 34.0 Å². The first-order valence-electron chi connectivity index (χ1n) is 17.9. The zero-order valence-corrected chi connectivity index (χ0v) is 35.3. The number of carbonyl (C=O) groups excluding carboxylic acids is 1. The molecule has 0 atom stereocenters. The molecule has 0 amide bonds. The summed E-state index contributed by atoms with van der Waals surface area (Å²) in [5.41, 5.74) is 6.13. The maximum Gasteiger partial charge on any atom is 0.162 e. The Kier molecular flexibility index (Phi) is 13.1. The standard InChI is InChI=1S/C31H22NS3.C13H24O2.Ir/c1-17(2)23-15-20(16-25-26(23)27-22-11-7-8-12-24(22)33-31(27)34-25)28-30-21(13-14-32-28)18(3)29(35-30)19-9-5-4-6-10-19;1-5-10(6-2)12(14)9-13(15)11(7-3)8-4;/h4-15,17H,1-3H3;9-11,14H,5-8H2,1-4H3;/q-1;;/b;12-9-;. The number of aromatic nitrogens is 1. The Morgan fingerprint density at radius 2 is 1.51 bits per heavy atom. The maximum absolute atomic E-state index is 11.7. The number of pyridine rings is 1. The van der Waals surface area contributed by atoms with Crippen LogP contribution in [0, 0.1) is 24.8 Å². The summed E-state index contributed by atoms with van der Waals surface area (Å²) < 4.78 is 5.25. The van der Waals surface area contributed by atoms with E-state index in [1.165, 1.54) is 67.3 Å². The molecule has 0 spiro atoms. The quantitative estimate of drug-likeness (QED) is 0.0845. The van der Waals surface area contributed by atoms with E-state index in [1.807, 2.05) is 67.9 Å². The van der Waals surface area contributed by atoms with Crippen molar-refractivity contribution >= 4 is 79.5 Å². The molecule has 0 aliphatic rings. The smallest absolute Gasteiger partial charge is 0.162 e. The summed E-state index contributed by atoms with van der Waals surface area (Å²) in [6.45, 7) is 14.9. The molecule has 0 fully saturated rings. The Labute approximate surface area is 327 Å². The van der Waals surface area contributed by atoms with Crippen LogP contribution in [0.3, 0.4) is 0 Å². The normalized spacial score (nSPS) is 12.0. The molecule has 1 radical (unpaired) electrons. The Morgan fingerprint density at radius 3 is 2.18 bits per heavy atom. The van der Waals surface area contributed by atoms with Gasteiger partial charge in [0.15, 0.2) is 5.78 Å². The summed E-state index contributed by atoms with van der Waals surface area (Å²) in [7, 11) is 0. The third-order valence-electron chi connectivity index (χ3n) is 9.92. The van der Waals surface area contributed by atoms with E-state index in [0.29, 0.717) is 5.92 Å². The molecule has 7 aromatic rings. The van der Waals surface area contributed by atoms with Gasteiger partial charge in [-0.1, -0.05) is 95.5 Å². The number of fused-ring (bicyclic) bond motifs is 6. The van der Waals surface area contributed by atoms with Gasteiger partial charge in [-0.2, -0.15) is 0 Å². The van der Waals surface area contributed by atoms with Gasteiger partial charge in [0.1, 0.15) is 0 Å². The average Bonchev–Trinajstić information content (AvgIpc) is 3.78. The van der Waals surface area contributed by atoms with Gasteiger partial charge in [-0.15, -0.1) is 57.3 Å². The molecule has 3 aromatic carbocycles. The fraction of sp³-hybridized carbons (Fsp3) is 0.318. The monoisotopic (exact) mass is 909 g/mol. The largest absolute Gasteiger partial charge is 0.512 e. The molecule has 0 saturated heterocycles. The molecule has 7 rings (SSSR count). The van der Waals surface area contributed by atoms with Crippen molar-refractivity contribution < 1.29 is 30.0 Å². The van der Waals surface area contributed by atoms with Gasteiger partial charge in [-0.05, 0) is 82.6 Å². The second-order valence-corrected chi connectivity index (χ2v) is 16.7. The SMILES string of the molecule is CCC(CC)C(=O)/C=C(\O)C(CC)CC.Cc1c(-c2ccccc2)sc2c(-c3[c-]c4sc5sc6ccccc6c5c4c(C(C)C)c3)nccc12.[Ir]. The average molecular weight is 909 g/mol. The van der Waals surface area contributed by atoms with Gasteiger partial charge in [0.25, 0.3) is 0 Å². The summed E-state index contributed by atoms with van der Waals surface area (Å²) in [4.78, 5) is 17.9. The van der Waals surface area contributed by atoms with Crippen LogP contribution in [0.15, 0.2) is 84.8 Å². The van der Waals surface area contributed by atoms with Gasteiger partial charge in [0.2, 0.25) is 0 Å². The van der Waals surface area contributed by atoms with Crippen LogP contribution in [0.5, 0.6) is 0 Å². The number of nitrogens with zero attached hydrogens (tertiary/aromatic N) is 1. The zero-order valence-electron chi connectivity index (χ0n) is 30.4. The van der Waals surface area contributed by atoms with Crippen LogP contribution in [0.2, 0.25) is 0 Å². The predicted octanol–water partition coefficient (Wildman–Crippen LogP) is 14.3. The van der Waals surface area contributed by atoms with E-state index in [1.54, 1.807) is 0 Å². The first kappa shape index (κ1) is 39.0. The third-order valence-corrected chi connectivity index (χ3v) is 13.6. The molecular weight excluding hydrogens is 863 g/mol. The molecule has 0 aliphatic heterocycles. The number of carbonyl (C=O) groups is 1. The molecule has 267 valence electrons. The van der Waals surface area contributed by atoms with Crippen molar-refractivity contribution in [3.63, 3.8) is 0 Å². The van der Waals surface area contributed by atoms with Crippen molar-refractivity contribution in [3.8, 4) is 21.7 Å². The number of hydrogen-bond donors (Lipinski definition) is 1. The molecule has 0 unspecified atom stereocenters. The Balaban J connectivity index is 0.000000271. The van der Waals surface area contributed by atoms with Crippen LogP contribution in [0.25, 0.3) is 61.4 Å². The molecule has 0 bridgehead atoms. The molecule has 51 heavy (non-hydrogen) atoms. The first-order chi connectivity index (χ1) is 24.2. The number of benzene rings is 3. The van der Waals surface area contributed by atoms with Gasteiger partial charge in [0, 0.05) is 64.2 Å². The van der Waals surface area contributed by atoms with Crippen LogP contribution in [-0.4, -0.2) is 15.9 Å². The van der Waals surface area contributed by atoms with E-state index in [9.17, 15) is 9.90 Å². The number of hydrogen-bond acceptors (Lipinski definition) is 6. The van der Waals surface area contributed by atoms with Crippen LogP contribution < -0.4 is 0 Å². The second-order valence-electron chi connectivity index (χ2n) is 13.3. The number of aliphatic hydroxyl groups excluding tert-OH is 1. The maximum atomic E-state index is 11.7. The van der Waals surface area contributed by atoms with E-state index in [-0.39, 0.29) is 43.5 Å². The fourth-order valence-electron chi connectivity index (χ4n) is 6.91. The van der Waals surface area contributed by atoms with Crippen LogP contribution in [0.1, 0.15) is 84.3 Å². The minimum absolute atomic E-state index is 0. The van der Waals surface area contributed by atoms with Crippen molar-refractivity contribution in [1.82, 2.24) is 4.98 Å². The molecule has 4 heterocycles. The minimum Gasteiger partial charge on any atom is -0.512 e. The number of thiophene rings is 3. The minimum atomic E-state index is 0. The number of rotatable bonds is 10. The van der Waals surface area contributed by atoms with Gasteiger partial charge in [0.05, 0.1) is 9.77 Å². The fourth-order valence-corrected chi connectivity index (χ4v) is 10.8. The molecule has 4 aromatic heterocycles. The molecule has 1 N–H and O–H groups in total. The Hall–Kier alpha value is -3.19. The molecular formula is C44H46IrNO2S3-. The van der Waals surface area contributed by atoms with Crippen molar-refractivity contribution in [3.05, 3.63) is 102 Å². The summed E-state index contributed by atoms with van der Waals surface area (Å²) in [6.07, 6.45) is 6.86. The molecule has 0 saturated carbocycles. The number of aliphatic hydroxyl groups is 1. The zero-order chi connectivity index (χ0) is 35.5. The van der Waals surface area contributed by atoms with E-state index in [2.05, 4.69) is 93.6 Å². The third kappa shape index (κ3) is 7.79. The second kappa shape index (κ2) is 17.1. The van der Waals surface area contributed by atoms with E-state index < -0.39 is 0 Å². The van der Waals surface area contributed by atoms with Crippen molar-refractivity contribution in [2.45, 2.75) is 80.1 Å². The van der Waals surface area contributed by atoms with Gasteiger partial charge in [-0.25, -0.2) is 0 Å². The summed E-state index contributed by atoms with van der Waals surface area (Å²) >= 11 is 5.63. The summed E-state index contributed by atoms with van der Waals surface area (Å²) in [6, 6.07) is 27.8. The number of ketones is 1. The van der Waals surface area contributed by atoms with E-state index in [4.69, 9.17) is 4.98 Å². The summed E-state index contributed by atoms with van der Waals surface area (Å²) in [5.74, 6) is 0.956. The van der Waals surface area contributed by atoms with Crippen molar-refractivity contribution in [2.24, 2.45) is 11.8 Å². The molecule has 3 nitrogen and oxygen atoms in total. The Morgan fingerprint density at radius 1 is 0.843 bits per heavy atom. The van der Waals surface area contributed by atoms with Gasteiger partial charge < -0.3 is 10.1 Å². The van der Waals surface area contributed by atoms with E-state index >= 15 is 0 Å². The van der Waals surface area contributed by atoms with Crippen LogP contribution in [0.4, 0.5) is 0 Å². The summed E-state index contributed by atoms with van der Waals surface area (Å²) in [5, 5.41) is 15.2. The number of aryl methyl sites for hydroxylation is 1. The Bertz CT molecular complexity index is 2300. The topological polar surface area (TPSA) is 50.2 Å². The predicted molar refractivity (Wildman–Crippen MR) is 220 cm³/mol. The van der Waals surface area contributed by atoms with Crippen molar-refractivity contribution in [1.29, 1.82) is 0 Å². The van der Waals surface area contributed by atoms with Gasteiger partial charge in [-0.3, -0.25) is 4.79 Å².